The monoisotopic (exact) mass is 294 g/mol. The molecule has 0 amide bonds. The van der Waals surface area contributed by atoms with Crippen LogP contribution in [0.25, 0.3) is 0 Å². The zero-order chi connectivity index (χ0) is 15.4. The standard InChI is InChI=1S/C16H26N2O3/c1-11-9-14(21-15(11)16(19)20-4)10-18(3)13-7-5-12(17-2)6-8-13/h9,12-13,17H,5-8,10H2,1-4H3. The maximum absolute atomic E-state index is 11.6. The fourth-order valence-corrected chi connectivity index (χ4v) is 3.10. The van der Waals surface area contributed by atoms with Crippen molar-refractivity contribution in [3.8, 4) is 0 Å². The second kappa shape index (κ2) is 7.09. The highest BCUT2D eigenvalue weighted by Crippen LogP contribution is 2.24. The summed E-state index contributed by atoms with van der Waals surface area (Å²) >= 11 is 0. The SMILES string of the molecule is CNC1CCC(N(C)Cc2cc(C)c(C(=O)OC)o2)CC1. The van der Waals surface area contributed by atoms with E-state index in [1.165, 1.54) is 32.8 Å². The number of hydrogen-bond acceptors (Lipinski definition) is 5. The first-order chi connectivity index (χ1) is 10.0. The Labute approximate surface area is 126 Å². The van der Waals surface area contributed by atoms with Gasteiger partial charge in [-0.05, 0) is 52.8 Å². The Hall–Kier alpha value is -1.33. The van der Waals surface area contributed by atoms with Crippen molar-refractivity contribution in [3.63, 3.8) is 0 Å². The fourth-order valence-electron chi connectivity index (χ4n) is 3.10. The number of rotatable bonds is 5. The van der Waals surface area contributed by atoms with Gasteiger partial charge in [0.05, 0.1) is 13.7 Å². The molecule has 5 nitrogen and oxygen atoms in total. The molecule has 2 rings (SSSR count). The van der Waals surface area contributed by atoms with Crippen LogP contribution >= 0.6 is 0 Å². The number of hydrogen-bond donors (Lipinski definition) is 1. The van der Waals surface area contributed by atoms with Crippen LogP contribution in [-0.4, -0.2) is 44.2 Å². The van der Waals surface area contributed by atoms with Crippen molar-refractivity contribution >= 4 is 5.97 Å². The third-order valence-corrected chi connectivity index (χ3v) is 4.47. The van der Waals surface area contributed by atoms with Gasteiger partial charge in [-0.15, -0.1) is 0 Å². The molecule has 1 fully saturated rings. The minimum absolute atomic E-state index is 0.319. The van der Waals surface area contributed by atoms with Crippen molar-refractivity contribution in [2.24, 2.45) is 0 Å². The summed E-state index contributed by atoms with van der Waals surface area (Å²) in [6, 6.07) is 3.18. The Morgan fingerprint density at radius 1 is 1.43 bits per heavy atom. The molecule has 0 aliphatic heterocycles. The van der Waals surface area contributed by atoms with E-state index in [0.29, 0.717) is 17.8 Å². The molecule has 0 unspecified atom stereocenters. The Kier molecular flexibility index (Phi) is 5.42. The van der Waals surface area contributed by atoms with E-state index >= 15 is 0 Å². The first kappa shape index (κ1) is 16.0. The molecule has 1 N–H and O–H groups in total. The molecular formula is C16H26N2O3. The van der Waals surface area contributed by atoms with E-state index in [-0.39, 0.29) is 0 Å². The maximum Gasteiger partial charge on any atom is 0.374 e. The molecule has 21 heavy (non-hydrogen) atoms. The number of methoxy groups -OCH3 is 1. The van der Waals surface area contributed by atoms with Crippen LogP contribution in [0.4, 0.5) is 0 Å². The Balaban J connectivity index is 1.94. The Morgan fingerprint density at radius 3 is 2.67 bits per heavy atom. The van der Waals surface area contributed by atoms with Gasteiger partial charge in [-0.25, -0.2) is 4.79 Å². The van der Waals surface area contributed by atoms with Crippen LogP contribution in [0.15, 0.2) is 10.5 Å². The number of carbonyl (C=O) groups is 1. The lowest BCUT2D eigenvalue weighted by molar-refractivity contribution is 0.0559. The van der Waals surface area contributed by atoms with E-state index in [4.69, 9.17) is 9.15 Å². The van der Waals surface area contributed by atoms with Crippen molar-refractivity contribution in [1.82, 2.24) is 10.2 Å². The summed E-state index contributed by atoms with van der Waals surface area (Å²) in [5.74, 6) is 0.738. The smallest absolute Gasteiger partial charge is 0.374 e. The van der Waals surface area contributed by atoms with Crippen molar-refractivity contribution in [3.05, 3.63) is 23.2 Å². The largest absolute Gasteiger partial charge is 0.463 e. The molecule has 1 aromatic heterocycles. The third kappa shape index (κ3) is 3.86. The summed E-state index contributed by atoms with van der Waals surface area (Å²) in [4.78, 5) is 13.9. The minimum Gasteiger partial charge on any atom is -0.463 e. The summed E-state index contributed by atoms with van der Waals surface area (Å²) in [7, 11) is 5.53. The number of esters is 1. The average molecular weight is 294 g/mol. The van der Waals surface area contributed by atoms with E-state index in [1.807, 2.05) is 20.0 Å². The molecule has 0 spiro atoms. The summed E-state index contributed by atoms with van der Waals surface area (Å²) in [5.41, 5.74) is 0.837. The van der Waals surface area contributed by atoms with Gasteiger partial charge in [0.2, 0.25) is 5.76 Å². The number of aryl methyl sites for hydroxylation is 1. The molecular weight excluding hydrogens is 268 g/mol. The molecule has 1 aliphatic carbocycles. The van der Waals surface area contributed by atoms with Gasteiger partial charge in [-0.2, -0.15) is 0 Å². The highest BCUT2D eigenvalue weighted by atomic mass is 16.5. The van der Waals surface area contributed by atoms with Crippen LogP contribution in [0.5, 0.6) is 0 Å². The van der Waals surface area contributed by atoms with Crippen LogP contribution in [0.3, 0.4) is 0 Å². The molecule has 0 aromatic carbocycles. The average Bonchev–Trinajstić information content (AvgIpc) is 2.87. The lowest BCUT2D eigenvalue weighted by Crippen LogP contribution is -2.39. The van der Waals surface area contributed by atoms with Crippen molar-refractivity contribution < 1.29 is 13.9 Å². The number of nitrogens with one attached hydrogen (secondary N) is 1. The van der Waals surface area contributed by atoms with Gasteiger partial charge in [0.25, 0.3) is 0 Å². The summed E-state index contributed by atoms with van der Waals surface area (Å²) in [6.45, 7) is 2.60. The zero-order valence-electron chi connectivity index (χ0n) is 13.4. The normalized spacial score (nSPS) is 22.5. The third-order valence-electron chi connectivity index (χ3n) is 4.47. The van der Waals surface area contributed by atoms with Gasteiger partial charge in [-0.3, -0.25) is 4.90 Å². The number of furan rings is 1. The van der Waals surface area contributed by atoms with Crippen LogP contribution < -0.4 is 5.32 Å². The second-order valence-corrected chi connectivity index (χ2v) is 5.93. The highest BCUT2D eigenvalue weighted by Gasteiger charge is 2.24. The summed E-state index contributed by atoms with van der Waals surface area (Å²) in [6.07, 6.45) is 4.84. The van der Waals surface area contributed by atoms with E-state index < -0.39 is 5.97 Å². The molecule has 0 bridgehead atoms. The van der Waals surface area contributed by atoms with Gasteiger partial charge in [-0.1, -0.05) is 0 Å². The van der Waals surface area contributed by atoms with Crippen molar-refractivity contribution in [2.45, 2.75) is 51.2 Å². The Morgan fingerprint density at radius 2 is 2.10 bits per heavy atom. The maximum atomic E-state index is 11.6. The van der Waals surface area contributed by atoms with Crippen LogP contribution in [-0.2, 0) is 11.3 Å². The van der Waals surface area contributed by atoms with E-state index in [9.17, 15) is 4.79 Å². The fraction of sp³-hybridized carbons (Fsp3) is 0.688. The van der Waals surface area contributed by atoms with Crippen molar-refractivity contribution in [1.29, 1.82) is 0 Å². The van der Waals surface area contributed by atoms with Crippen molar-refractivity contribution in [2.75, 3.05) is 21.2 Å². The highest BCUT2D eigenvalue weighted by molar-refractivity contribution is 5.87. The van der Waals surface area contributed by atoms with E-state index in [1.54, 1.807) is 0 Å². The summed E-state index contributed by atoms with van der Waals surface area (Å²) < 4.78 is 10.4. The van der Waals surface area contributed by atoms with E-state index in [0.717, 1.165) is 17.9 Å². The zero-order valence-corrected chi connectivity index (χ0v) is 13.4. The molecule has 1 aliphatic rings. The quantitative estimate of drug-likeness (QED) is 0.845. The lowest BCUT2D eigenvalue weighted by atomic mass is 9.90. The molecule has 5 heteroatoms. The first-order valence-electron chi connectivity index (χ1n) is 7.60. The number of nitrogens with zero attached hydrogens (tertiary/aromatic N) is 1. The number of ether oxygens (including phenoxy) is 1. The Bertz CT molecular complexity index is 476. The molecule has 0 radical (unpaired) electrons. The van der Waals surface area contributed by atoms with Gasteiger partial charge in [0, 0.05) is 17.6 Å². The first-order valence-corrected chi connectivity index (χ1v) is 7.60. The predicted molar refractivity (Wildman–Crippen MR) is 81.4 cm³/mol. The van der Waals surface area contributed by atoms with Gasteiger partial charge >= 0.3 is 5.97 Å². The second-order valence-electron chi connectivity index (χ2n) is 5.93. The predicted octanol–water partition coefficient (Wildman–Crippen LogP) is 2.34. The molecule has 1 heterocycles. The van der Waals surface area contributed by atoms with Crippen LogP contribution in [0, 0.1) is 6.92 Å². The molecule has 118 valence electrons. The summed E-state index contributed by atoms with van der Waals surface area (Å²) in [5, 5.41) is 3.35. The van der Waals surface area contributed by atoms with Crippen LogP contribution in [0.1, 0.15) is 47.6 Å². The molecule has 0 atom stereocenters. The van der Waals surface area contributed by atoms with Crippen LogP contribution in [0.2, 0.25) is 0 Å². The lowest BCUT2D eigenvalue weighted by Gasteiger charge is -2.34. The van der Waals surface area contributed by atoms with Gasteiger partial charge in [0.1, 0.15) is 5.76 Å². The van der Waals surface area contributed by atoms with Gasteiger partial charge < -0.3 is 14.5 Å². The molecule has 0 saturated heterocycles. The topological polar surface area (TPSA) is 54.7 Å². The molecule has 1 aromatic rings. The number of carbonyl (C=O) groups excluding carboxylic acids is 1. The van der Waals surface area contributed by atoms with Gasteiger partial charge in [0.15, 0.2) is 0 Å². The van der Waals surface area contributed by atoms with E-state index in [2.05, 4.69) is 17.3 Å². The minimum atomic E-state index is -0.407. The molecule has 1 saturated carbocycles.